The number of nitrogens with zero attached hydrogens (tertiary/aromatic N) is 3. The van der Waals surface area contributed by atoms with Crippen molar-refractivity contribution >= 4 is 23.1 Å². The van der Waals surface area contributed by atoms with E-state index in [1.165, 1.54) is 28.0 Å². The Bertz CT molecular complexity index is 1210. The van der Waals surface area contributed by atoms with Crippen LogP contribution < -0.4 is 0 Å². The summed E-state index contributed by atoms with van der Waals surface area (Å²) in [5, 5.41) is 11.6. The van der Waals surface area contributed by atoms with E-state index in [1.54, 1.807) is 13.1 Å². The van der Waals surface area contributed by atoms with Crippen molar-refractivity contribution in [1.82, 2.24) is 9.80 Å². The van der Waals surface area contributed by atoms with Crippen LogP contribution in [-0.2, 0) is 11.2 Å². The Balaban J connectivity index is 1.82. The summed E-state index contributed by atoms with van der Waals surface area (Å²) in [6.07, 6.45) is -0.490. The van der Waals surface area contributed by atoms with Gasteiger partial charge in [0, 0.05) is 19.5 Å². The molecule has 1 fully saturated rings. The van der Waals surface area contributed by atoms with E-state index >= 15 is 0 Å². The van der Waals surface area contributed by atoms with Gasteiger partial charge in [-0.15, -0.1) is 0 Å². The number of likely N-dealkylation sites (N-methyl/N-ethyl adjacent to an activating group) is 1. The van der Waals surface area contributed by atoms with Crippen LogP contribution in [0.2, 0.25) is 0 Å². The van der Waals surface area contributed by atoms with E-state index in [0.717, 1.165) is 11.1 Å². The van der Waals surface area contributed by atoms with E-state index in [0.29, 0.717) is 5.57 Å². The molecule has 7 heteroatoms. The molecule has 0 aromatic heterocycles. The molecule has 0 unspecified atom stereocenters. The monoisotopic (exact) mass is 441 g/mol. The van der Waals surface area contributed by atoms with Crippen molar-refractivity contribution < 1.29 is 14.5 Å². The lowest BCUT2D eigenvalue weighted by Gasteiger charge is -2.31. The van der Waals surface area contributed by atoms with E-state index in [-0.39, 0.29) is 23.6 Å². The molecule has 2 amide bonds. The van der Waals surface area contributed by atoms with Crippen LogP contribution in [0, 0.1) is 10.1 Å². The fraction of sp³-hybridized carbons (Fsp3) is 0.154. The lowest BCUT2D eigenvalue weighted by Crippen LogP contribution is -2.45. The van der Waals surface area contributed by atoms with Gasteiger partial charge in [-0.25, -0.2) is 0 Å². The summed E-state index contributed by atoms with van der Waals surface area (Å²) < 4.78 is 0. The molecular weight excluding hydrogens is 418 g/mol. The Kier molecular flexibility index (Phi) is 6.04. The Morgan fingerprint density at radius 1 is 0.970 bits per heavy atom. The number of rotatable bonds is 6. The third-order valence-electron chi connectivity index (χ3n) is 5.89. The van der Waals surface area contributed by atoms with E-state index in [2.05, 4.69) is 6.58 Å². The number of hydrogen-bond donors (Lipinski definition) is 0. The fourth-order valence-corrected chi connectivity index (χ4v) is 4.26. The Labute approximate surface area is 191 Å². The van der Waals surface area contributed by atoms with Crippen LogP contribution in [0.25, 0.3) is 5.57 Å². The lowest BCUT2D eigenvalue weighted by molar-refractivity contribution is -0.385. The number of amides is 2. The smallest absolute Gasteiger partial charge is 0.282 e. The molecule has 3 aromatic carbocycles. The van der Waals surface area contributed by atoms with Crippen molar-refractivity contribution in [2.45, 2.75) is 18.6 Å². The van der Waals surface area contributed by atoms with Crippen molar-refractivity contribution in [2.24, 2.45) is 0 Å². The Hall–Kier alpha value is -4.26. The fourth-order valence-electron chi connectivity index (χ4n) is 4.26. The quantitative estimate of drug-likeness (QED) is 0.425. The third-order valence-corrected chi connectivity index (χ3v) is 5.89. The second-order valence-corrected chi connectivity index (χ2v) is 7.91. The minimum absolute atomic E-state index is 0.0606. The normalized spacial score (nSPS) is 17.8. The van der Waals surface area contributed by atoms with Crippen molar-refractivity contribution in [3.05, 3.63) is 118 Å². The van der Waals surface area contributed by atoms with Gasteiger partial charge in [-0.2, -0.15) is 0 Å². The molecule has 1 heterocycles. The molecule has 0 bridgehead atoms. The van der Waals surface area contributed by atoms with E-state index in [9.17, 15) is 19.7 Å². The summed E-state index contributed by atoms with van der Waals surface area (Å²) >= 11 is 0. The molecule has 1 aliphatic heterocycles. The summed E-state index contributed by atoms with van der Waals surface area (Å²) in [7, 11) is 1.63. The minimum Gasteiger partial charge on any atom is -0.319 e. The predicted molar refractivity (Wildman–Crippen MR) is 125 cm³/mol. The van der Waals surface area contributed by atoms with Gasteiger partial charge in [-0.1, -0.05) is 79.4 Å². The van der Waals surface area contributed by atoms with Crippen LogP contribution in [-0.4, -0.2) is 45.8 Å². The number of benzene rings is 3. The number of nitro groups is 1. The van der Waals surface area contributed by atoms with Crippen LogP contribution >= 0.6 is 0 Å². The molecule has 0 radical (unpaired) electrons. The van der Waals surface area contributed by atoms with Gasteiger partial charge in [0.1, 0.15) is 17.8 Å². The molecule has 0 spiro atoms. The third kappa shape index (κ3) is 4.13. The molecule has 0 aliphatic carbocycles. The number of carbonyl (C=O) groups excluding carboxylic acids is 2. The van der Waals surface area contributed by atoms with Crippen molar-refractivity contribution in [1.29, 1.82) is 0 Å². The number of nitro benzene ring substituents is 1. The Morgan fingerprint density at radius 2 is 1.55 bits per heavy atom. The molecule has 0 N–H and O–H groups in total. The largest absolute Gasteiger partial charge is 0.319 e. The maximum absolute atomic E-state index is 13.8. The molecule has 2 atom stereocenters. The topological polar surface area (TPSA) is 83.8 Å². The van der Waals surface area contributed by atoms with Crippen LogP contribution in [0.15, 0.2) is 91.5 Å². The molecule has 166 valence electrons. The van der Waals surface area contributed by atoms with E-state index in [4.69, 9.17) is 0 Å². The zero-order valence-electron chi connectivity index (χ0n) is 18.1. The SMILES string of the molecule is C=C(c1ccccc1)[C@@H]1N(C)C(=O)[C@H](Cc2ccccc2)N1C(=O)c1ccccc1[N+](=O)[O-]. The summed E-state index contributed by atoms with van der Waals surface area (Å²) in [6, 6.07) is 23.7. The summed E-state index contributed by atoms with van der Waals surface area (Å²) in [5.74, 6) is -0.823. The second-order valence-electron chi connectivity index (χ2n) is 7.91. The first kappa shape index (κ1) is 22.0. The highest BCUT2D eigenvalue weighted by molar-refractivity contribution is 6.04. The van der Waals surface area contributed by atoms with Crippen LogP contribution in [0.4, 0.5) is 5.69 Å². The Morgan fingerprint density at radius 3 is 2.18 bits per heavy atom. The van der Waals surface area contributed by atoms with E-state index in [1.807, 2.05) is 60.7 Å². The number of para-hydroxylation sites is 1. The number of carbonyl (C=O) groups is 2. The summed E-state index contributed by atoms with van der Waals surface area (Å²) in [5.41, 5.74) is 1.87. The first-order valence-corrected chi connectivity index (χ1v) is 10.5. The lowest BCUT2D eigenvalue weighted by atomic mass is 10.0. The van der Waals surface area contributed by atoms with Crippen molar-refractivity contribution in [2.75, 3.05) is 7.05 Å². The minimum atomic E-state index is -0.824. The molecule has 33 heavy (non-hydrogen) atoms. The first-order valence-electron chi connectivity index (χ1n) is 10.5. The van der Waals surface area contributed by atoms with Crippen molar-refractivity contribution in [3.63, 3.8) is 0 Å². The van der Waals surface area contributed by atoms with Crippen LogP contribution in [0.5, 0.6) is 0 Å². The molecule has 1 saturated heterocycles. The van der Waals surface area contributed by atoms with Crippen LogP contribution in [0.3, 0.4) is 0 Å². The maximum Gasteiger partial charge on any atom is 0.282 e. The first-order chi connectivity index (χ1) is 15.9. The van der Waals surface area contributed by atoms with Crippen molar-refractivity contribution in [3.8, 4) is 0 Å². The second kappa shape index (κ2) is 9.08. The molecule has 3 aromatic rings. The van der Waals surface area contributed by atoms with Gasteiger partial charge in [-0.05, 0) is 22.8 Å². The van der Waals surface area contributed by atoms with Gasteiger partial charge in [0.25, 0.3) is 11.6 Å². The van der Waals surface area contributed by atoms with Gasteiger partial charge in [0.2, 0.25) is 5.91 Å². The number of hydrogen-bond acceptors (Lipinski definition) is 4. The van der Waals surface area contributed by atoms with E-state index < -0.39 is 23.0 Å². The molecule has 1 aliphatic rings. The summed E-state index contributed by atoms with van der Waals surface area (Å²) in [6.45, 7) is 4.20. The van der Waals surface area contributed by atoms with Gasteiger partial charge in [-0.3, -0.25) is 19.7 Å². The average Bonchev–Trinajstić information content (AvgIpc) is 3.09. The zero-order chi connectivity index (χ0) is 23.5. The van der Waals surface area contributed by atoms with Gasteiger partial charge in [0.05, 0.1) is 4.92 Å². The molecular formula is C26H23N3O4. The standard InChI is InChI=1S/C26H23N3O4/c1-18(20-13-7-4-8-14-20)24-27(2)26(31)23(17-19-11-5-3-6-12-19)28(24)25(30)21-15-9-10-16-22(21)29(32)33/h3-16,23-24H,1,17H2,2H3/t23-,24+/m0/s1. The highest BCUT2D eigenvalue weighted by Gasteiger charge is 2.49. The highest BCUT2D eigenvalue weighted by Crippen LogP contribution is 2.34. The van der Waals surface area contributed by atoms with Gasteiger partial charge >= 0.3 is 0 Å². The van der Waals surface area contributed by atoms with Gasteiger partial charge in [0.15, 0.2) is 0 Å². The zero-order valence-corrected chi connectivity index (χ0v) is 18.1. The highest BCUT2D eigenvalue weighted by atomic mass is 16.6. The van der Waals surface area contributed by atoms with Gasteiger partial charge < -0.3 is 9.80 Å². The van der Waals surface area contributed by atoms with Crippen LogP contribution in [0.1, 0.15) is 21.5 Å². The molecule has 0 saturated carbocycles. The predicted octanol–water partition coefficient (Wildman–Crippen LogP) is 4.16. The molecule has 7 nitrogen and oxygen atoms in total. The average molecular weight is 441 g/mol. The molecule has 4 rings (SSSR count). The summed E-state index contributed by atoms with van der Waals surface area (Å²) in [4.78, 5) is 41.2. The maximum atomic E-state index is 13.8.